The zero-order chi connectivity index (χ0) is 39.4. The molecule has 1 saturated heterocycles. The number of nitrogens with one attached hydrogen (secondary N) is 2. The minimum absolute atomic E-state index is 0.000229. The molecule has 0 radical (unpaired) electrons. The number of carbonyl (C=O) groups is 4. The van der Waals surface area contributed by atoms with E-state index in [1.807, 2.05) is 84.9 Å². The molecule has 292 valence electrons. The summed E-state index contributed by atoms with van der Waals surface area (Å²) in [7, 11) is 3.39. The Hall–Kier alpha value is -5.91. The molecule has 2 saturated carbocycles. The van der Waals surface area contributed by atoms with Gasteiger partial charge in [0.05, 0.1) is 24.9 Å². The van der Waals surface area contributed by atoms with E-state index in [0.717, 1.165) is 43.2 Å². The van der Waals surface area contributed by atoms with Gasteiger partial charge in [0.1, 0.15) is 35.2 Å². The lowest BCUT2D eigenvalue weighted by Gasteiger charge is -2.35. The second-order valence-corrected chi connectivity index (χ2v) is 15.1. The van der Waals surface area contributed by atoms with Crippen LogP contribution in [0.3, 0.4) is 0 Å². The standard InChI is InChI=1S/C44H49N5O7/c1-4-30-26-44(30,42(52)53)47-40(50)38-24-33(56-39-25-35(29-16-10-6-11-17-29)45-36-23-32(55-3)20-21-34(36)39)27-49(38)43(54)46-37(22-28-14-8-5-9-15-28)41(51)48(2)31-18-12-7-13-19-31/h4-6,8-11,14-17,20-21,23,25,30-31,33,37-38H,1,7,12-13,18-19,22,24,26-27H2,2-3H3,(H,46,54)(H,47,50)(H,52,53)/t30-,33-,37?,38+,44-/m1/s1. The molecule has 1 aromatic heterocycles. The molecule has 3 aliphatic rings. The fourth-order valence-electron chi connectivity index (χ4n) is 8.19. The number of rotatable bonds is 13. The minimum atomic E-state index is -1.50. The lowest BCUT2D eigenvalue weighted by molar-refractivity contribution is -0.144. The van der Waals surface area contributed by atoms with Crippen molar-refractivity contribution in [3.05, 3.63) is 103 Å². The van der Waals surface area contributed by atoms with Crippen LogP contribution in [0.1, 0.15) is 50.5 Å². The van der Waals surface area contributed by atoms with Crippen molar-refractivity contribution in [2.24, 2.45) is 5.92 Å². The molecule has 56 heavy (non-hydrogen) atoms. The summed E-state index contributed by atoms with van der Waals surface area (Å²) in [5, 5.41) is 16.6. The van der Waals surface area contributed by atoms with Crippen molar-refractivity contribution < 1.29 is 33.8 Å². The topological polar surface area (TPSA) is 150 Å². The number of likely N-dealkylation sites (tertiary alicyclic amines) is 1. The zero-order valence-corrected chi connectivity index (χ0v) is 31.9. The number of urea groups is 1. The van der Waals surface area contributed by atoms with E-state index < -0.39 is 47.6 Å². The maximum Gasteiger partial charge on any atom is 0.330 e. The molecule has 2 aliphatic carbocycles. The van der Waals surface area contributed by atoms with E-state index in [1.165, 1.54) is 11.0 Å². The Balaban J connectivity index is 1.19. The lowest BCUT2D eigenvalue weighted by Crippen LogP contribution is -2.58. The van der Waals surface area contributed by atoms with Crippen LogP contribution >= 0.6 is 0 Å². The summed E-state index contributed by atoms with van der Waals surface area (Å²) in [6.45, 7) is 3.75. The zero-order valence-electron chi connectivity index (χ0n) is 31.9. The highest BCUT2D eigenvalue weighted by molar-refractivity contribution is 5.95. The molecule has 4 aromatic rings. The van der Waals surface area contributed by atoms with Crippen molar-refractivity contribution in [3.63, 3.8) is 0 Å². The van der Waals surface area contributed by atoms with Gasteiger partial charge >= 0.3 is 12.0 Å². The number of ether oxygens (including phenoxy) is 2. The first-order valence-electron chi connectivity index (χ1n) is 19.4. The van der Waals surface area contributed by atoms with Gasteiger partial charge in [-0.05, 0) is 37.0 Å². The molecule has 0 bridgehead atoms. The van der Waals surface area contributed by atoms with Gasteiger partial charge in [0.15, 0.2) is 0 Å². The smallest absolute Gasteiger partial charge is 0.330 e. The van der Waals surface area contributed by atoms with E-state index >= 15 is 0 Å². The van der Waals surface area contributed by atoms with Gasteiger partial charge in [-0.15, -0.1) is 6.58 Å². The number of aliphatic carboxylic acids is 1. The van der Waals surface area contributed by atoms with Crippen molar-refractivity contribution in [2.75, 3.05) is 20.7 Å². The Morgan fingerprint density at radius 3 is 2.39 bits per heavy atom. The molecule has 1 unspecified atom stereocenters. The molecule has 2 heterocycles. The van der Waals surface area contributed by atoms with Crippen molar-refractivity contribution in [1.29, 1.82) is 0 Å². The minimum Gasteiger partial charge on any atom is -0.497 e. The first-order valence-corrected chi connectivity index (χ1v) is 19.4. The third-order valence-electron chi connectivity index (χ3n) is 11.5. The van der Waals surface area contributed by atoms with Gasteiger partial charge in [0, 0.05) is 54.9 Å². The quantitative estimate of drug-likeness (QED) is 0.141. The van der Waals surface area contributed by atoms with Crippen LogP contribution in [0.4, 0.5) is 4.79 Å². The van der Waals surface area contributed by atoms with Crippen LogP contribution in [0.2, 0.25) is 0 Å². The van der Waals surface area contributed by atoms with Gasteiger partial charge in [0.2, 0.25) is 11.8 Å². The molecule has 12 nitrogen and oxygen atoms in total. The van der Waals surface area contributed by atoms with Crippen molar-refractivity contribution in [3.8, 4) is 22.8 Å². The number of aromatic nitrogens is 1. The van der Waals surface area contributed by atoms with Gasteiger partial charge < -0.3 is 35.0 Å². The molecule has 3 fully saturated rings. The molecule has 3 N–H and O–H groups in total. The SMILES string of the molecule is C=C[C@@H]1C[C@]1(NC(=O)[C@@H]1C[C@@H](Oc2cc(-c3ccccc3)nc3cc(OC)ccc23)CN1C(=O)NC(Cc1ccccc1)C(=O)N(C)C1CCCCC1)C(=O)O. The molecular formula is C44H49N5O7. The van der Waals surface area contributed by atoms with Crippen LogP contribution < -0.4 is 20.1 Å². The summed E-state index contributed by atoms with van der Waals surface area (Å²) in [5.74, 6) is -1.29. The second-order valence-electron chi connectivity index (χ2n) is 15.1. The van der Waals surface area contributed by atoms with E-state index in [0.29, 0.717) is 28.1 Å². The fourth-order valence-corrected chi connectivity index (χ4v) is 8.19. The number of fused-ring (bicyclic) bond motifs is 1. The highest BCUT2D eigenvalue weighted by atomic mass is 16.5. The van der Waals surface area contributed by atoms with Crippen molar-refractivity contribution >= 4 is 34.7 Å². The summed E-state index contributed by atoms with van der Waals surface area (Å²) in [6.07, 6.45) is 6.42. The van der Waals surface area contributed by atoms with E-state index in [4.69, 9.17) is 14.5 Å². The number of carboxylic acid groups (broad SMARTS) is 1. The molecule has 3 aromatic carbocycles. The molecule has 7 rings (SSSR count). The molecule has 5 atom stereocenters. The Bertz CT molecular complexity index is 2090. The number of likely N-dealkylation sites (N-methyl/N-ethyl adjacent to an activating group) is 1. The van der Waals surface area contributed by atoms with E-state index in [-0.39, 0.29) is 37.8 Å². The first-order chi connectivity index (χ1) is 27.1. The number of hydrogen-bond donors (Lipinski definition) is 3. The lowest BCUT2D eigenvalue weighted by atomic mass is 9.93. The predicted molar refractivity (Wildman–Crippen MR) is 212 cm³/mol. The summed E-state index contributed by atoms with van der Waals surface area (Å²) < 4.78 is 12.2. The number of pyridine rings is 1. The van der Waals surface area contributed by atoms with Crippen LogP contribution in [0.25, 0.3) is 22.2 Å². The van der Waals surface area contributed by atoms with Gasteiger partial charge in [-0.25, -0.2) is 14.6 Å². The molecule has 4 amide bonds. The van der Waals surface area contributed by atoms with E-state index in [2.05, 4.69) is 17.2 Å². The Labute approximate surface area is 326 Å². The van der Waals surface area contributed by atoms with E-state index in [9.17, 15) is 24.3 Å². The monoisotopic (exact) mass is 759 g/mol. The van der Waals surface area contributed by atoms with Crippen LogP contribution in [0, 0.1) is 5.92 Å². The summed E-state index contributed by atoms with van der Waals surface area (Å²) in [4.78, 5) is 63.2. The maximum atomic E-state index is 14.5. The Morgan fingerprint density at radius 2 is 1.73 bits per heavy atom. The molecule has 12 heteroatoms. The number of carbonyl (C=O) groups excluding carboxylic acids is 3. The molecular weight excluding hydrogens is 711 g/mol. The molecule has 0 spiro atoms. The largest absolute Gasteiger partial charge is 0.497 e. The van der Waals surface area contributed by atoms with Crippen LogP contribution in [0.15, 0.2) is 97.6 Å². The number of benzene rings is 3. The predicted octanol–water partition coefficient (Wildman–Crippen LogP) is 5.99. The number of nitrogens with zero attached hydrogens (tertiary/aromatic N) is 3. The van der Waals surface area contributed by atoms with Gasteiger partial charge in [0.25, 0.3) is 0 Å². The number of methoxy groups -OCH3 is 1. The summed E-state index contributed by atoms with van der Waals surface area (Å²) in [5.41, 5.74) is 1.56. The number of amides is 4. The number of hydrogen-bond acceptors (Lipinski definition) is 7. The Kier molecular flexibility index (Phi) is 11.3. The van der Waals surface area contributed by atoms with Crippen LogP contribution in [0.5, 0.6) is 11.5 Å². The van der Waals surface area contributed by atoms with E-state index in [1.54, 1.807) is 19.1 Å². The third-order valence-corrected chi connectivity index (χ3v) is 11.5. The average Bonchev–Trinajstić information content (AvgIpc) is 3.79. The first kappa shape index (κ1) is 38.4. The fraction of sp³-hybridized carbons (Fsp3) is 0.386. The number of carboxylic acids is 1. The van der Waals surface area contributed by atoms with Crippen LogP contribution in [-0.2, 0) is 20.8 Å². The summed E-state index contributed by atoms with van der Waals surface area (Å²) >= 11 is 0. The maximum absolute atomic E-state index is 14.5. The van der Waals surface area contributed by atoms with Crippen LogP contribution in [-0.4, -0.2) is 94.2 Å². The highest BCUT2D eigenvalue weighted by Gasteiger charge is 2.61. The normalized spacial score (nSPS) is 22.5. The van der Waals surface area contributed by atoms with Crippen molar-refractivity contribution in [1.82, 2.24) is 25.4 Å². The average molecular weight is 760 g/mol. The van der Waals surface area contributed by atoms with Gasteiger partial charge in [-0.1, -0.05) is 86.0 Å². The molecule has 1 aliphatic heterocycles. The Morgan fingerprint density at radius 1 is 1.02 bits per heavy atom. The van der Waals surface area contributed by atoms with Gasteiger partial charge in [-0.2, -0.15) is 0 Å². The van der Waals surface area contributed by atoms with Crippen molar-refractivity contribution in [2.45, 2.75) is 81.1 Å². The second kappa shape index (κ2) is 16.4. The van der Waals surface area contributed by atoms with Gasteiger partial charge in [-0.3, -0.25) is 9.59 Å². The summed E-state index contributed by atoms with van der Waals surface area (Å²) in [6, 6.07) is 24.0. The third kappa shape index (κ3) is 8.05. The highest BCUT2D eigenvalue weighted by Crippen LogP contribution is 2.45.